The number of nitrogens with zero attached hydrogens (tertiary/aromatic N) is 2. The van der Waals surface area contributed by atoms with Gasteiger partial charge in [-0.1, -0.05) is 137 Å². The Morgan fingerprint density at radius 3 is 1.05 bits per heavy atom. The second-order valence-corrected chi connectivity index (χ2v) is 17.0. The fourth-order valence-corrected chi connectivity index (χ4v) is 10.2. The average molecular weight is 733 g/mol. The molecule has 3 aliphatic carbocycles. The molecule has 57 heavy (non-hydrogen) atoms. The largest absolute Gasteiger partial charge is 0.310 e. The summed E-state index contributed by atoms with van der Waals surface area (Å²) in [5.41, 5.74) is 23.2. The summed E-state index contributed by atoms with van der Waals surface area (Å²) >= 11 is 0. The molecule has 0 bridgehead atoms. The minimum atomic E-state index is -0.0732. The Kier molecular flexibility index (Phi) is 7.35. The van der Waals surface area contributed by atoms with Gasteiger partial charge in [0.05, 0.1) is 0 Å². The lowest BCUT2D eigenvalue weighted by Crippen LogP contribution is -2.16. The van der Waals surface area contributed by atoms with Gasteiger partial charge in [0.15, 0.2) is 0 Å². The molecule has 0 fully saturated rings. The van der Waals surface area contributed by atoms with Gasteiger partial charge < -0.3 is 9.80 Å². The summed E-state index contributed by atoms with van der Waals surface area (Å²) in [7, 11) is 0. The van der Waals surface area contributed by atoms with Crippen LogP contribution < -0.4 is 9.80 Å². The van der Waals surface area contributed by atoms with Crippen LogP contribution in [0.5, 0.6) is 0 Å². The first-order chi connectivity index (χ1) is 27.8. The molecule has 0 aliphatic heterocycles. The van der Waals surface area contributed by atoms with Gasteiger partial charge in [-0.2, -0.15) is 0 Å². The van der Waals surface area contributed by atoms with Crippen LogP contribution >= 0.6 is 0 Å². The summed E-state index contributed by atoms with van der Waals surface area (Å²) in [5.74, 6) is 0. The molecule has 2 nitrogen and oxygen atoms in total. The number of rotatable bonds is 6. The van der Waals surface area contributed by atoms with Gasteiger partial charge in [-0.3, -0.25) is 0 Å². The van der Waals surface area contributed by atoms with Gasteiger partial charge >= 0.3 is 0 Å². The maximum absolute atomic E-state index is 2.43. The van der Waals surface area contributed by atoms with Crippen molar-refractivity contribution in [1.82, 2.24) is 0 Å². The molecule has 274 valence electrons. The van der Waals surface area contributed by atoms with E-state index in [1.807, 2.05) is 0 Å². The molecule has 8 aromatic carbocycles. The summed E-state index contributed by atoms with van der Waals surface area (Å²) in [6, 6.07) is 67.7. The van der Waals surface area contributed by atoms with Gasteiger partial charge in [0.2, 0.25) is 0 Å². The number of para-hydroxylation sites is 2. The molecule has 0 saturated heterocycles. The monoisotopic (exact) mass is 732 g/mol. The highest BCUT2D eigenvalue weighted by atomic mass is 15.1. The molecule has 0 atom stereocenters. The lowest BCUT2D eigenvalue weighted by Gasteiger charge is -2.28. The minimum absolute atomic E-state index is 0.0732. The topological polar surface area (TPSA) is 6.48 Å². The Hall–Kier alpha value is -6.64. The van der Waals surface area contributed by atoms with E-state index < -0.39 is 0 Å². The zero-order chi connectivity index (χ0) is 38.5. The lowest BCUT2D eigenvalue weighted by atomic mass is 9.82. The van der Waals surface area contributed by atoms with Gasteiger partial charge in [-0.05, 0) is 146 Å². The molecule has 0 saturated carbocycles. The van der Waals surface area contributed by atoms with E-state index in [1.54, 1.807) is 0 Å². The van der Waals surface area contributed by atoms with Crippen molar-refractivity contribution in [2.45, 2.75) is 44.9 Å². The highest BCUT2D eigenvalue weighted by molar-refractivity contribution is 5.90. The predicted molar refractivity (Wildman–Crippen MR) is 239 cm³/mol. The van der Waals surface area contributed by atoms with Gasteiger partial charge in [-0.15, -0.1) is 0 Å². The van der Waals surface area contributed by atoms with Crippen LogP contribution in [0, 0.1) is 0 Å². The fraction of sp³-hybridized carbons (Fsp3) is 0.127. The summed E-state index contributed by atoms with van der Waals surface area (Å²) in [6.07, 6.45) is 0.886. The van der Waals surface area contributed by atoms with E-state index in [4.69, 9.17) is 0 Å². The van der Waals surface area contributed by atoms with Crippen molar-refractivity contribution < 1.29 is 0 Å². The van der Waals surface area contributed by atoms with Crippen molar-refractivity contribution in [3.8, 4) is 33.4 Å². The van der Waals surface area contributed by atoms with Crippen LogP contribution in [-0.4, -0.2) is 0 Å². The van der Waals surface area contributed by atoms with Gasteiger partial charge in [-0.25, -0.2) is 0 Å². The normalized spacial score (nSPS) is 14.5. The Bertz CT molecular complexity index is 2680. The zero-order valence-electron chi connectivity index (χ0n) is 32.9. The summed E-state index contributed by atoms with van der Waals surface area (Å²) in [4.78, 5) is 4.86. The minimum Gasteiger partial charge on any atom is -0.310 e. The van der Waals surface area contributed by atoms with Gasteiger partial charge in [0.25, 0.3) is 0 Å². The number of fused-ring (bicyclic) bond motifs is 9. The van der Waals surface area contributed by atoms with Crippen LogP contribution in [0.25, 0.3) is 33.4 Å². The van der Waals surface area contributed by atoms with E-state index in [0.717, 1.165) is 17.8 Å². The highest BCUT2D eigenvalue weighted by Gasteiger charge is 2.37. The second kappa shape index (κ2) is 12.4. The molecule has 8 aromatic rings. The number of benzene rings is 8. The third kappa shape index (κ3) is 5.10. The van der Waals surface area contributed by atoms with Crippen molar-refractivity contribution in [2.24, 2.45) is 0 Å². The summed E-state index contributed by atoms with van der Waals surface area (Å²) in [6.45, 7) is 9.44. The van der Waals surface area contributed by atoms with E-state index in [1.165, 1.54) is 89.5 Å². The molecule has 0 spiro atoms. The molecule has 11 rings (SSSR count). The lowest BCUT2D eigenvalue weighted by molar-refractivity contribution is 0.660. The maximum atomic E-state index is 2.43. The van der Waals surface area contributed by atoms with Crippen LogP contribution in [0.4, 0.5) is 34.1 Å². The standard InChI is InChI=1S/C55H44N2/c1-54(2)50-21-13-11-19-46(50)48-29-25-42(34-52(48)54)56(38-15-7-5-8-16-38)40-23-27-44-36(32-40)31-37-33-41(24-28-45(37)44)57(39-17-9-6-10-18-39)43-26-30-49-47-20-12-14-22-51(47)55(3,4)53(49)35-43/h5-30,32-35H,31H2,1-4H3. The van der Waals surface area contributed by atoms with Crippen LogP contribution in [0.1, 0.15) is 61.1 Å². The van der Waals surface area contributed by atoms with Crippen LogP contribution in [0.15, 0.2) is 182 Å². The van der Waals surface area contributed by atoms with Crippen LogP contribution in [-0.2, 0) is 17.3 Å². The molecular formula is C55H44N2. The molecule has 2 heteroatoms. The van der Waals surface area contributed by atoms with Crippen molar-refractivity contribution in [2.75, 3.05) is 9.80 Å². The van der Waals surface area contributed by atoms with Crippen molar-refractivity contribution in [1.29, 1.82) is 0 Å². The first-order valence-electron chi connectivity index (χ1n) is 20.2. The molecule has 0 aromatic heterocycles. The van der Waals surface area contributed by atoms with E-state index in [2.05, 4.69) is 219 Å². The highest BCUT2D eigenvalue weighted by Crippen LogP contribution is 2.53. The smallest absolute Gasteiger partial charge is 0.0465 e. The molecule has 0 unspecified atom stereocenters. The predicted octanol–water partition coefficient (Wildman–Crippen LogP) is 14.8. The molecular weight excluding hydrogens is 689 g/mol. The zero-order valence-corrected chi connectivity index (χ0v) is 32.9. The molecule has 0 heterocycles. The van der Waals surface area contributed by atoms with Crippen molar-refractivity contribution in [3.63, 3.8) is 0 Å². The van der Waals surface area contributed by atoms with Crippen molar-refractivity contribution >= 4 is 34.1 Å². The Morgan fingerprint density at radius 2 is 0.632 bits per heavy atom. The van der Waals surface area contributed by atoms with Crippen LogP contribution in [0.3, 0.4) is 0 Å². The molecule has 0 amide bonds. The third-order valence-electron chi connectivity index (χ3n) is 13.0. The Morgan fingerprint density at radius 1 is 0.298 bits per heavy atom. The molecule has 3 aliphatic rings. The molecule has 0 N–H and O–H groups in total. The molecule has 0 radical (unpaired) electrons. The van der Waals surface area contributed by atoms with Crippen LogP contribution in [0.2, 0.25) is 0 Å². The SMILES string of the molecule is CC1(C)c2ccccc2-c2ccc(N(c3ccccc3)c3ccc4c(c3)Cc3cc(N(c5ccccc5)c5ccc6c(c5)C(C)(C)c5ccccc5-6)ccc3-4)cc21. The average Bonchev–Trinajstić information content (AvgIpc) is 3.80. The van der Waals surface area contributed by atoms with Crippen molar-refractivity contribution in [3.05, 3.63) is 215 Å². The number of hydrogen-bond acceptors (Lipinski definition) is 2. The van der Waals surface area contributed by atoms with E-state index in [9.17, 15) is 0 Å². The van der Waals surface area contributed by atoms with Gasteiger partial charge in [0.1, 0.15) is 0 Å². The maximum Gasteiger partial charge on any atom is 0.0465 e. The van der Waals surface area contributed by atoms with Gasteiger partial charge in [0, 0.05) is 45.0 Å². The van der Waals surface area contributed by atoms with E-state index in [-0.39, 0.29) is 10.8 Å². The third-order valence-corrected chi connectivity index (χ3v) is 13.0. The second-order valence-electron chi connectivity index (χ2n) is 17.0. The number of anilines is 6. The Balaban J connectivity index is 0.972. The summed E-state index contributed by atoms with van der Waals surface area (Å²) < 4.78 is 0. The first kappa shape index (κ1) is 33.7. The first-order valence-corrected chi connectivity index (χ1v) is 20.2. The summed E-state index contributed by atoms with van der Waals surface area (Å²) in [5, 5.41) is 0. The number of hydrogen-bond donors (Lipinski definition) is 0. The van der Waals surface area contributed by atoms with E-state index in [0.29, 0.717) is 0 Å². The van der Waals surface area contributed by atoms with E-state index >= 15 is 0 Å². The Labute approximate surface area is 336 Å². The fourth-order valence-electron chi connectivity index (χ4n) is 10.2. The quantitative estimate of drug-likeness (QED) is 0.168.